The van der Waals surface area contributed by atoms with Crippen molar-refractivity contribution in [2.45, 2.75) is 113 Å². The highest BCUT2D eigenvalue weighted by molar-refractivity contribution is 5.83. The van der Waals surface area contributed by atoms with E-state index in [1.165, 1.54) is 79.9 Å². The molecule has 32 heavy (non-hydrogen) atoms. The van der Waals surface area contributed by atoms with Gasteiger partial charge in [-0.1, -0.05) is 96.4 Å². The largest absolute Gasteiger partial charge is 0.253 e. The van der Waals surface area contributed by atoms with E-state index in [9.17, 15) is 0 Å². The molecule has 0 amide bonds. The fourth-order valence-corrected chi connectivity index (χ4v) is 4.73. The number of nitrogens with zero attached hydrogens (tertiary/aromatic N) is 1. The van der Waals surface area contributed by atoms with Crippen LogP contribution in [-0.2, 0) is 6.42 Å². The van der Waals surface area contributed by atoms with Crippen LogP contribution in [0, 0.1) is 31.6 Å². The molecule has 1 heterocycles. The van der Waals surface area contributed by atoms with Crippen molar-refractivity contribution in [2.24, 2.45) is 17.8 Å². The zero-order chi connectivity index (χ0) is 23.5. The minimum atomic E-state index is 0.859. The minimum absolute atomic E-state index is 0.859. The molecular weight excluding hydrogens is 386 g/mol. The Morgan fingerprint density at radius 2 is 1.50 bits per heavy atom. The predicted octanol–water partition coefficient (Wildman–Crippen LogP) is 9.78. The topological polar surface area (TPSA) is 12.9 Å². The van der Waals surface area contributed by atoms with Gasteiger partial charge in [0.2, 0.25) is 0 Å². The molecular formula is C31H49N. The highest BCUT2D eigenvalue weighted by Gasteiger charge is 2.07. The van der Waals surface area contributed by atoms with Crippen molar-refractivity contribution in [3.63, 3.8) is 0 Å². The second-order valence-electron chi connectivity index (χ2n) is 11.0. The molecule has 0 fully saturated rings. The summed E-state index contributed by atoms with van der Waals surface area (Å²) in [5.74, 6) is 2.63. The summed E-state index contributed by atoms with van der Waals surface area (Å²) in [5.41, 5.74) is 6.47. The molecule has 0 aliphatic heterocycles. The monoisotopic (exact) mass is 435 g/mol. The van der Waals surface area contributed by atoms with Crippen molar-refractivity contribution in [1.82, 2.24) is 4.98 Å². The molecule has 0 saturated heterocycles. The Bertz CT molecular complexity index is 845. The van der Waals surface area contributed by atoms with Crippen LogP contribution in [-0.4, -0.2) is 4.98 Å². The van der Waals surface area contributed by atoms with Crippen molar-refractivity contribution >= 4 is 10.9 Å². The third kappa shape index (κ3) is 9.47. The molecule has 0 radical (unpaired) electrons. The van der Waals surface area contributed by atoms with Gasteiger partial charge in [-0.25, -0.2) is 0 Å². The number of hydrogen-bond donors (Lipinski definition) is 0. The van der Waals surface area contributed by atoms with E-state index in [0.717, 1.165) is 35.4 Å². The Balaban J connectivity index is 1.69. The molecule has 0 aliphatic carbocycles. The lowest BCUT2D eigenvalue weighted by atomic mass is 9.91. The molecule has 1 aromatic heterocycles. The maximum atomic E-state index is 4.77. The summed E-state index contributed by atoms with van der Waals surface area (Å²) in [5, 5.41) is 1.31. The van der Waals surface area contributed by atoms with Gasteiger partial charge in [-0.3, -0.25) is 4.98 Å². The van der Waals surface area contributed by atoms with Gasteiger partial charge < -0.3 is 0 Å². The van der Waals surface area contributed by atoms with Gasteiger partial charge in [0.1, 0.15) is 0 Å². The first kappa shape index (κ1) is 26.6. The second kappa shape index (κ2) is 13.8. The molecule has 0 spiro atoms. The van der Waals surface area contributed by atoms with E-state index in [1.807, 2.05) is 0 Å². The molecule has 1 heteroatoms. The number of aryl methyl sites for hydroxylation is 2. The van der Waals surface area contributed by atoms with Crippen LogP contribution in [0.1, 0.15) is 109 Å². The van der Waals surface area contributed by atoms with Gasteiger partial charge in [0.25, 0.3) is 0 Å². The first-order valence-electron chi connectivity index (χ1n) is 13.3. The van der Waals surface area contributed by atoms with Crippen LogP contribution in [0.25, 0.3) is 10.9 Å². The predicted molar refractivity (Wildman–Crippen MR) is 143 cm³/mol. The zero-order valence-corrected chi connectivity index (χ0v) is 22.1. The Morgan fingerprint density at radius 3 is 2.16 bits per heavy atom. The normalized spacial score (nSPS) is 14.3. The average Bonchev–Trinajstić information content (AvgIpc) is 2.73. The standard InChI is InChI=1S/C31H49N/c1-23(2)12-8-13-24(3)14-9-15-25(4)16-10-17-26(5)20-21-29-18-11-19-31-30(29)22-27(6)28(7)32-31/h11,18-20,22-25H,8-10,12-17,21H2,1-7H3/t24-,25-/m1/s1. The maximum Gasteiger partial charge on any atom is 0.0708 e. The summed E-state index contributed by atoms with van der Waals surface area (Å²) < 4.78 is 0. The van der Waals surface area contributed by atoms with Crippen LogP contribution < -0.4 is 0 Å². The van der Waals surface area contributed by atoms with E-state index in [2.05, 4.69) is 78.8 Å². The summed E-state index contributed by atoms with van der Waals surface area (Å²) in [6, 6.07) is 8.85. The van der Waals surface area contributed by atoms with Crippen LogP contribution in [0.5, 0.6) is 0 Å². The van der Waals surface area contributed by atoms with Gasteiger partial charge >= 0.3 is 0 Å². The van der Waals surface area contributed by atoms with E-state index in [1.54, 1.807) is 0 Å². The number of pyridine rings is 1. The summed E-state index contributed by atoms with van der Waals surface area (Å²) in [4.78, 5) is 4.77. The minimum Gasteiger partial charge on any atom is -0.253 e. The quantitative estimate of drug-likeness (QED) is 0.269. The van der Waals surface area contributed by atoms with E-state index in [0.29, 0.717) is 0 Å². The summed E-state index contributed by atoms with van der Waals surface area (Å²) in [6.45, 7) is 16.2. The van der Waals surface area contributed by atoms with Gasteiger partial charge in [-0.2, -0.15) is 0 Å². The number of aromatic nitrogens is 1. The van der Waals surface area contributed by atoms with Crippen molar-refractivity contribution in [1.29, 1.82) is 0 Å². The molecule has 0 N–H and O–H groups in total. The number of benzene rings is 1. The van der Waals surface area contributed by atoms with Crippen LogP contribution in [0.3, 0.4) is 0 Å². The number of hydrogen-bond acceptors (Lipinski definition) is 1. The van der Waals surface area contributed by atoms with Gasteiger partial charge in [0.15, 0.2) is 0 Å². The van der Waals surface area contributed by atoms with Crippen molar-refractivity contribution in [3.8, 4) is 0 Å². The third-order valence-corrected chi connectivity index (χ3v) is 7.20. The number of fused-ring (bicyclic) bond motifs is 1. The molecule has 2 atom stereocenters. The van der Waals surface area contributed by atoms with Gasteiger partial charge in [-0.15, -0.1) is 0 Å². The lowest BCUT2D eigenvalue weighted by molar-refractivity contribution is 0.389. The molecule has 1 aromatic carbocycles. The summed E-state index contributed by atoms with van der Waals surface area (Å²) in [7, 11) is 0. The fraction of sp³-hybridized carbons (Fsp3) is 0.645. The van der Waals surface area contributed by atoms with Crippen molar-refractivity contribution < 1.29 is 0 Å². The van der Waals surface area contributed by atoms with E-state index in [-0.39, 0.29) is 0 Å². The molecule has 0 aliphatic rings. The maximum absolute atomic E-state index is 4.77. The molecule has 178 valence electrons. The summed E-state index contributed by atoms with van der Waals surface area (Å²) in [6.07, 6.45) is 15.8. The molecule has 0 unspecified atom stereocenters. The van der Waals surface area contributed by atoms with Crippen LogP contribution in [0.2, 0.25) is 0 Å². The first-order valence-corrected chi connectivity index (χ1v) is 13.3. The van der Waals surface area contributed by atoms with E-state index >= 15 is 0 Å². The summed E-state index contributed by atoms with van der Waals surface area (Å²) >= 11 is 0. The lowest BCUT2D eigenvalue weighted by Gasteiger charge is -2.15. The molecule has 2 aromatic rings. The van der Waals surface area contributed by atoms with Gasteiger partial charge in [0, 0.05) is 11.1 Å². The highest BCUT2D eigenvalue weighted by Crippen LogP contribution is 2.24. The van der Waals surface area contributed by atoms with Crippen LogP contribution >= 0.6 is 0 Å². The third-order valence-electron chi connectivity index (χ3n) is 7.20. The van der Waals surface area contributed by atoms with Crippen LogP contribution in [0.4, 0.5) is 0 Å². The van der Waals surface area contributed by atoms with Crippen LogP contribution in [0.15, 0.2) is 35.9 Å². The number of rotatable bonds is 14. The Hall–Kier alpha value is -1.63. The molecule has 0 saturated carbocycles. The Kier molecular flexibility index (Phi) is 11.5. The molecule has 2 rings (SSSR count). The van der Waals surface area contributed by atoms with Crippen molar-refractivity contribution in [3.05, 3.63) is 52.7 Å². The fourth-order valence-electron chi connectivity index (χ4n) is 4.73. The zero-order valence-electron chi connectivity index (χ0n) is 22.1. The molecule has 0 bridgehead atoms. The average molecular weight is 436 g/mol. The Morgan fingerprint density at radius 1 is 0.875 bits per heavy atom. The first-order chi connectivity index (χ1) is 15.3. The SMILES string of the molecule is CC(=CCc1cccc2nc(C)c(C)cc12)CCC[C@H](C)CCC[C@H](C)CCCC(C)C. The van der Waals surface area contributed by atoms with Gasteiger partial charge in [0.05, 0.1) is 5.52 Å². The van der Waals surface area contributed by atoms with Crippen molar-refractivity contribution in [2.75, 3.05) is 0 Å². The van der Waals surface area contributed by atoms with Gasteiger partial charge in [-0.05, 0) is 81.0 Å². The number of allylic oxidation sites excluding steroid dienone is 2. The highest BCUT2D eigenvalue weighted by atomic mass is 14.7. The lowest BCUT2D eigenvalue weighted by Crippen LogP contribution is -2.00. The van der Waals surface area contributed by atoms with E-state index in [4.69, 9.17) is 4.98 Å². The Labute approximate surface area is 199 Å². The van der Waals surface area contributed by atoms with E-state index < -0.39 is 0 Å². The molecule has 1 nitrogen and oxygen atoms in total. The smallest absolute Gasteiger partial charge is 0.0708 e. The second-order valence-corrected chi connectivity index (χ2v) is 11.0.